The summed E-state index contributed by atoms with van der Waals surface area (Å²) in [5.41, 5.74) is 7.57. The van der Waals surface area contributed by atoms with Gasteiger partial charge in [0.25, 0.3) is 0 Å². The Labute approximate surface area is 158 Å². The second kappa shape index (κ2) is 11.1. The third kappa shape index (κ3) is 7.27. The third-order valence-corrected chi connectivity index (χ3v) is 3.90. The summed E-state index contributed by atoms with van der Waals surface area (Å²) < 4.78 is 6.32. The van der Waals surface area contributed by atoms with Crippen LogP contribution >= 0.6 is 40.7 Å². The molecule has 1 heterocycles. The van der Waals surface area contributed by atoms with Crippen LogP contribution in [0.1, 0.15) is 19.8 Å². The Hall–Kier alpha value is -0.530. The van der Waals surface area contributed by atoms with Gasteiger partial charge in [0.1, 0.15) is 0 Å². The van der Waals surface area contributed by atoms with Gasteiger partial charge in [-0.25, -0.2) is 0 Å². The monoisotopic (exact) mass is 427 g/mol. The molecule has 0 aliphatic carbocycles. The summed E-state index contributed by atoms with van der Waals surface area (Å²) in [7, 11) is 0. The normalized spacial score (nSPS) is 15.2. The van der Waals surface area contributed by atoms with E-state index in [9.17, 15) is 4.79 Å². The van der Waals surface area contributed by atoms with Crippen molar-refractivity contribution in [1.82, 2.24) is 0 Å². The number of carbonyl (C=O) groups is 1. The zero-order chi connectivity index (χ0) is 15.2. The molecule has 23 heavy (non-hydrogen) atoms. The van der Waals surface area contributed by atoms with E-state index in [2.05, 4.69) is 26.1 Å². The molecule has 1 aromatic carbocycles. The summed E-state index contributed by atoms with van der Waals surface area (Å²) in [4.78, 5) is 14.3. The maximum Gasteiger partial charge on any atom is 0.224 e. The second-order valence-electron chi connectivity index (χ2n) is 5.33. The number of benzene rings is 1. The van der Waals surface area contributed by atoms with Crippen molar-refractivity contribution in [3.05, 3.63) is 22.7 Å². The van der Waals surface area contributed by atoms with Crippen LogP contribution < -0.4 is 16.0 Å². The molecular weight excluding hydrogens is 405 g/mol. The number of rotatable bonds is 5. The Morgan fingerprint density at radius 2 is 2.04 bits per heavy atom. The van der Waals surface area contributed by atoms with E-state index in [1.165, 1.54) is 0 Å². The molecule has 0 spiro atoms. The van der Waals surface area contributed by atoms with E-state index in [0.717, 1.165) is 28.9 Å². The molecule has 2 rings (SSSR count). The molecule has 1 aliphatic rings. The lowest BCUT2D eigenvalue weighted by molar-refractivity contribution is -0.116. The van der Waals surface area contributed by atoms with Crippen LogP contribution in [0.15, 0.2) is 22.7 Å². The molecule has 132 valence electrons. The number of nitrogens with one attached hydrogen (secondary N) is 1. The predicted molar refractivity (Wildman–Crippen MR) is 103 cm³/mol. The maximum absolute atomic E-state index is 12.0. The number of carbonyl (C=O) groups excluding carboxylic acids is 1. The molecule has 1 aromatic rings. The van der Waals surface area contributed by atoms with Crippen LogP contribution in [0.3, 0.4) is 0 Å². The number of nitrogens with zero attached hydrogens (tertiary/aromatic N) is 1. The topological polar surface area (TPSA) is 67.6 Å². The average molecular weight is 429 g/mol. The lowest BCUT2D eigenvalue weighted by Gasteiger charge is -2.30. The van der Waals surface area contributed by atoms with Gasteiger partial charge in [-0.05, 0) is 31.5 Å². The minimum absolute atomic E-state index is 0. The minimum Gasteiger partial charge on any atom is -0.378 e. The van der Waals surface area contributed by atoms with E-state index in [4.69, 9.17) is 10.5 Å². The van der Waals surface area contributed by atoms with Gasteiger partial charge < -0.3 is 20.7 Å². The zero-order valence-electron chi connectivity index (χ0n) is 13.1. The number of anilines is 2. The Morgan fingerprint density at radius 1 is 1.39 bits per heavy atom. The molecule has 0 aromatic heterocycles. The Balaban J connectivity index is 0.00000242. The van der Waals surface area contributed by atoms with Gasteiger partial charge in [0.05, 0.1) is 24.6 Å². The first-order valence-corrected chi connectivity index (χ1v) is 8.03. The molecule has 3 N–H and O–H groups in total. The van der Waals surface area contributed by atoms with Crippen molar-refractivity contribution in [3.8, 4) is 0 Å². The molecule has 8 heteroatoms. The van der Waals surface area contributed by atoms with Crippen molar-refractivity contribution in [1.29, 1.82) is 0 Å². The molecule has 0 radical (unpaired) electrons. The smallest absolute Gasteiger partial charge is 0.224 e. The molecule has 1 aliphatic heterocycles. The van der Waals surface area contributed by atoms with E-state index < -0.39 is 0 Å². The number of hydrogen-bond donors (Lipinski definition) is 2. The summed E-state index contributed by atoms with van der Waals surface area (Å²) in [6, 6.07) is 5.99. The zero-order valence-corrected chi connectivity index (χ0v) is 16.3. The van der Waals surface area contributed by atoms with Gasteiger partial charge in [-0.1, -0.05) is 15.9 Å². The first-order chi connectivity index (χ1) is 10.1. The SMILES string of the molecule is CC(N)CCC(=O)Nc1cc(Br)ccc1N1CCOCC1.Cl.Cl. The first kappa shape index (κ1) is 22.5. The van der Waals surface area contributed by atoms with Gasteiger partial charge in [0, 0.05) is 30.0 Å². The minimum atomic E-state index is -0.0000839. The van der Waals surface area contributed by atoms with Crippen molar-refractivity contribution >= 4 is 58.0 Å². The van der Waals surface area contributed by atoms with Crippen LogP contribution in [-0.2, 0) is 9.53 Å². The van der Waals surface area contributed by atoms with E-state index in [1.807, 2.05) is 25.1 Å². The van der Waals surface area contributed by atoms with Crippen molar-refractivity contribution in [3.63, 3.8) is 0 Å². The quantitative estimate of drug-likeness (QED) is 0.755. The van der Waals surface area contributed by atoms with Gasteiger partial charge in [-0.15, -0.1) is 24.8 Å². The number of amides is 1. The molecule has 1 saturated heterocycles. The van der Waals surface area contributed by atoms with E-state index >= 15 is 0 Å². The molecule has 0 bridgehead atoms. The molecular formula is C15H24BrCl2N3O2. The second-order valence-corrected chi connectivity index (χ2v) is 6.24. The van der Waals surface area contributed by atoms with Crippen molar-refractivity contribution in [2.45, 2.75) is 25.8 Å². The highest BCUT2D eigenvalue weighted by atomic mass is 79.9. The van der Waals surface area contributed by atoms with E-state index in [-0.39, 0.29) is 36.8 Å². The van der Waals surface area contributed by atoms with Crippen LogP contribution in [0.25, 0.3) is 0 Å². The number of morpholine rings is 1. The maximum atomic E-state index is 12.0. The summed E-state index contributed by atoms with van der Waals surface area (Å²) in [6.45, 7) is 5.02. The Morgan fingerprint density at radius 3 is 2.65 bits per heavy atom. The van der Waals surface area contributed by atoms with Crippen molar-refractivity contribution < 1.29 is 9.53 Å². The number of hydrogen-bond acceptors (Lipinski definition) is 4. The van der Waals surface area contributed by atoms with Gasteiger partial charge in [0.15, 0.2) is 0 Å². The molecule has 0 saturated carbocycles. The van der Waals surface area contributed by atoms with Gasteiger partial charge in [-0.2, -0.15) is 0 Å². The lowest BCUT2D eigenvalue weighted by atomic mass is 10.1. The molecule has 1 amide bonds. The van der Waals surface area contributed by atoms with Crippen molar-refractivity contribution in [2.24, 2.45) is 5.73 Å². The van der Waals surface area contributed by atoms with Crippen LogP contribution in [0.4, 0.5) is 11.4 Å². The van der Waals surface area contributed by atoms with Crippen LogP contribution in [-0.4, -0.2) is 38.3 Å². The summed E-state index contributed by atoms with van der Waals surface area (Å²) in [6.07, 6.45) is 1.12. The molecule has 5 nitrogen and oxygen atoms in total. The van der Waals surface area contributed by atoms with E-state index in [1.54, 1.807) is 0 Å². The summed E-state index contributed by atoms with van der Waals surface area (Å²) in [5, 5.41) is 3.00. The summed E-state index contributed by atoms with van der Waals surface area (Å²) in [5.74, 6) is -0.0000839. The highest BCUT2D eigenvalue weighted by molar-refractivity contribution is 9.10. The highest BCUT2D eigenvalue weighted by Crippen LogP contribution is 2.30. The average Bonchev–Trinajstić information content (AvgIpc) is 2.46. The van der Waals surface area contributed by atoms with Gasteiger partial charge in [0.2, 0.25) is 5.91 Å². The number of ether oxygens (including phenoxy) is 1. The standard InChI is InChI=1S/C15H22BrN3O2.2ClH/c1-11(17)2-5-15(20)18-13-10-12(16)3-4-14(13)19-6-8-21-9-7-19;;/h3-4,10-11H,2,5-9,17H2,1H3,(H,18,20);2*1H. The lowest BCUT2D eigenvalue weighted by Crippen LogP contribution is -2.36. The highest BCUT2D eigenvalue weighted by Gasteiger charge is 2.16. The third-order valence-electron chi connectivity index (χ3n) is 3.41. The molecule has 1 fully saturated rings. The fourth-order valence-corrected chi connectivity index (χ4v) is 2.62. The number of nitrogens with two attached hydrogens (primary N) is 1. The van der Waals surface area contributed by atoms with Gasteiger partial charge >= 0.3 is 0 Å². The fourth-order valence-electron chi connectivity index (χ4n) is 2.26. The van der Waals surface area contributed by atoms with Crippen LogP contribution in [0.5, 0.6) is 0 Å². The van der Waals surface area contributed by atoms with Gasteiger partial charge in [-0.3, -0.25) is 4.79 Å². The number of halogens is 3. The van der Waals surface area contributed by atoms with Crippen LogP contribution in [0.2, 0.25) is 0 Å². The summed E-state index contributed by atoms with van der Waals surface area (Å²) >= 11 is 3.46. The molecule has 1 atom stereocenters. The molecule has 1 unspecified atom stereocenters. The van der Waals surface area contributed by atoms with Crippen molar-refractivity contribution in [2.75, 3.05) is 36.5 Å². The largest absolute Gasteiger partial charge is 0.378 e. The van der Waals surface area contributed by atoms with Crippen LogP contribution in [0, 0.1) is 0 Å². The predicted octanol–water partition coefficient (Wildman–Crippen LogP) is 3.20. The van der Waals surface area contributed by atoms with E-state index in [0.29, 0.717) is 26.1 Å². The Bertz CT molecular complexity index is 498. The fraction of sp³-hybridized carbons (Fsp3) is 0.533. The first-order valence-electron chi connectivity index (χ1n) is 7.24. The Kier molecular flexibility index (Phi) is 10.8.